The maximum Gasteiger partial charge on any atom is 0.186 e. The summed E-state index contributed by atoms with van der Waals surface area (Å²) in [5.41, 5.74) is 5.74. The fourth-order valence-corrected chi connectivity index (χ4v) is 2.56. The highest BCUT2D eigenvalue weighted by molar-refractivity contribution is 5.58. The molecule has 0 spiro atoms. The number of rotatable bonds is 2. The second-order valence-electron chi connectivity index (χ2n) is 4.73. The van der Waals surface area contributed by atoms with E-state index in [4.69, 9.17) is 5.73 Å². The van der Waals surface area contributed by atoms with Gasteiger partial charge >= 0.3 is 0 Å². The predicted molar refractivity (Wildman–Crippen MR) is 64.7 cm³/mol. The molecule has 5 nitrogen and oxygen atoms in total. The number of nitrogens with zero attached hydrogens (tertiary/aromatic N) is 4. The zero-order valence-corrected chi connectivity index (χ0v) is 10.2. The van der Waals surface area contributed by atoms with E-state index in [0.29, 0.717) is 5.82 Å². The Morgan fingerprint density at radius 2 is 1.95 bits per heavy atom. The minimum Gasteiger partial charge on any atom is -0.397 e. The Balaban J connectivity index is 2.13. The number of nitrogen functional groups attached to an aromatic ring is 1. The molecule has 1 heterocycles. The molecule has 2 aromatic rings. The molecule has 0 atom stereocenters. The third-order valence-electron chi connectivity index (χ3n) is 3.53. The van der Waals surface area contributed by atoms with Crippen molar-refractivity contribution < 1.29 is 8.78 Å². The van der Waals surface area contributed by atoms with Gasteiger partial charge in [0.2, 0.25) is 0 Å². The zero-order valence-electron chi connectivity index (χ0n) is 10.2. The van der Waals surface area contributed by atoms with Crippen molar-refractivity contribution in [2.75, 3.05) is 5.73 Å². The van der Waals surface area contributed by atoms with Gasteiger partial charge in [-0.15, -0.1) is 5.10 Å². The van der Waals surface area contributed by atoms with E-state index < -0.39 is 11.6 Å². The smallest absolute Gasteiger partial charge is 0.186 e. The van der Waals surface area contributed by atoms with Gasteiger partial charge in [-0.25, -0.2) is 8.78 Å². The summed E-state index contributed by atoms with van der Waals surface area (Å²) in [5.74, 6) is -1.26. The van der Waals surface area contributed by atoms with Crippen LogP contribution < -0.4 is 5.73 Å². The van der Waals surface area contributed by atoms with Gasteiger partial charge in [0.15, 0.2) is 17.5 Å². The molecule has 2 N–H and O–H groups in total. The zero-order chi connectivity index (χ0) is 13.4. The fourth-order valence-electron chi connectivity index (χ4n) is 2.56. The van der Waals surface area contributed by atoms with Crippen LogP contribution in [-0.2, 0) is 0 Å². The molecule has 1 aliphatic rings. The van der Waals surface area contributed by atoms with Crippen LogP contribution in [-0.4, -0.2) is 20.2 Å². The summed E-state index contributed by atoms with van der Waals surface area (Å²) in [6, 6.07) is 2.31. The van der Waals surface area contributed by atoms with Gasteiger partial charge in [-0.05, 0) is 35.4 Å². The maximum absolute atomic E-state index is 13.9. The highest BCUT2D eigenvalue weighted by Crippen LogP contribution is 2.34. The first-order valence-corrected chi connectivity index (χ1v) is 6.20. The second-order valence-corrected chi connectivity index (χ2v) is 4.73. The van der Waals surface area contributed by atoms with Gasteiger partial charge in [0.05, 0.1) is 5.69 Å². The monoisotopic (exact) mass is 265 g/mol. The maximum atomic E-state index is 13.9. The first kappa shape index (κ1) is 12.0. The minimum atomic E-state index is -1.02. The topological polar surface area (TPSA) is 69.6 Å². The Labute approximate surface area is 108 Å². The summed E-state index contributed by atoms with van der Waals surface area (Å²) in [5, 5.41) is 11.3. The van der Waals surface area contributed by atoms with E-state index >= 15 is 0 Å². The van der Waals surface area contributed by atoms with Gasteiger partial charge < -0.3 is 5.73 Å². The Bertz CT molecular complexity index is 604. The van der Waals surface area contributed by atoms with E-state index in [1.54, 1.807) is 0 Å². The lowest BCUT2D eigenvalue weighted by atomic mass is 10.1. The Hall–Kier alpha value is -2.05. The number of aromatic nitrogens is 4. The normalized spacial score (nSPS) is 16.1. The van der Waals surface area contributed by atoms with Crippen LogP contribution in [0.25, 0.3) is 5.69 Å². The molecule has 100 valence electrons. The van der Waals surface area contributed by atoms with E-state index in [2.05, 4.69) is 15.5 Å². The van der Waals surface area contributed by atoms with Crippen LogP contribution in [0.1, 0.15) is 37.4 Å². The highest BCUT2D eigenvalue weighted by atomic mass is 19.2. The number of hydrogen-bond acceptors (Lipinski definition) is 4. The fraction of sp³-hybridized carbons (Fsp3) is 0.417. The Kier molecular flexibility index (Phi) is 2.88. The van der Waals surface area contributed by atoms with E-state index in [-0.39, 0.29) is 17.3 Å². The lowest BCUT2D eigenvalue weighted by Gasteiger charge is -2.12. The average Bonchev–Trinajstić information content (AvgIpc) is 3.04. The van der Waals surface area contributed by atoms with Crippen molar-refractivity contribution in [1.29, 1.82) is 0 Å². The number of nitrogens with two attached hydrogens (primary N) is 1. The van der Waals surface area contributed by atoms with Crippen LogP contribution >= 0.6 is 0 Å². The summed E-state index contributed by atoms with van der Waals surface area (Å²) in [4.78, 5) is 0. The third kappa shape index (κ3) is 1.94. The first-order chi connectivity index (χ1) is 9.18. The number of anilines is 1. The van der Waals surface area contributed by atoms with E-state index in [1.807, 2.05) is 0 Å². The molecule has 1 aromatic heterocycles. The van der Waals surface area contributed by atoms with Gasteiger partial charge in [0.1, 0.15) is 5.69 Å². The second kappa shape index (κ2) is 4.56. The van der Waals surface area contributed by atoms with Gasteiger partial charge in [-0.3, -0.25) is 0 Å². The van der Waals surface area contributed by atoms with Gasteiger partial charge in [0, 0.05) is 5.92 Å². The highest BCUT2D eigenvalue weighted by Gasteiger charge is 2.26. The molecule has 0 unspecified atom stereocenters. The number of tetrazole rings is 1. The van der Waals surface area contributed by atoms with Crippen LogP contribution in [0.3, 0.4) is 0 Å². The van der Waals surface area contributed by atoms with Crippen molar-refractivity contribution in [3.63, 3.8) is 0 Å². The van der Waals surface area contributed by atoms with E-state index in [9.17, 15) is 8.78 Å². The third-order valence-corrected chi connectivity index (χ3v) is 3.53. The molecule has 19 heavy (non-hydrogen) atoms. The van der Waals surface area contributed by atoms with Gasteiger partial charge in [-0.1, -0.05) is 12.8 Å². The molecular formula is C12H13F2N5. The van der Waals surface area contributed by atoms with Crippen LogP contribution in [0, 0.1) is 11.6 Å². The van der Waals surface area contributed by atoms with Crippen LogP contribution in [0.15, 0.2) is 12.1 Å². The number of hydrogen-bond donors (Lipinski definition) is 1. The van der Waals surface area contributed by atoms with Crippen molar-refractivity contribution in [3.8, 4) is 5.69 Å². The number of halogens is 2. The van der Waals surface area contributed by atoms with Crippen LogP contribution in [0.4, 0.5) is 14.5 Å². The molecule has 1 aromatic carbocycles. The molecule has 0 bridgehead atoms. The molecule has 0 radical (unpaired) electrons. The van der Waals surface area contributed by atoms with Crippen molar-refractivity contribution in [1.82, 2.24) is 20.2 Å². The van der Waals surface area contributed by atoms with Gasteiger partial charge in [0.25, 0.3) is 0 Å². The lowest BCUT2D eigenvalue weighted by molar-refractivity contribution is 0.497. The average molecular weight is 265 g/mol. The lowest BCUT2D eigenvalue weighted by Crippen LogP contribution is -2.11. The summed E-state index contributed by atoms with van der Waals surface area (Å²) in [7, 11) is 0. The Morgan fingerprint density at radius 3 is 2.68 bits per heavy atom. The number of benzene rings is 1. The van der Waals surface area contributed by atoms with E-state index in [0.717, 1.165) is 31.7 Å². The Morgan fingerprint density at radius 1 is 1.21 bits per heavy atom. The first-order valence-electron chi connectivity index (χ1n) is 6.20. The van der Waals surface area contributed by atoms with Crippen molar-refractivity contribution in [2.24, 2.45) is 0 Å². The van der Waals surface area contributed by atoms with Crippen molar-refractivity contribution >= 4 is 5.69 Å². The van der Waals surface area contributed by atoms with Crippen LogP contribution in [0.5, 0.6) is 0 Å². The molecular weight excluding hydrogens is 252 g/mol. The SMILES string of the molecule is Nc1ccc(F)c(F)c1-n1nnnc1C1CCCC1. The van der Waals surface area contributed by atoms with Crippen molar-refractivity contribution in [3.05, 3.63) is 29.6 Å². The van der Waals surface area contributed by atoms with Crippen molar-refractivity contribution in [2.45, 2.75) is 31.6 Å². The standard InChI is InChI=1S/C12H13F2N5/c13-8-5-6-9(15)11(10(8)14)19-12(16-17-18-19)7-3-1-2-4-7/h5-7H,1-4,15H2. The summed E-state index contributed by atoms with van der Waals surface area (Å²) >= 11 is 0. The molecule has 1 fully saturated rings. The summed E-state index contributed by atoms with van der Waals surface area (Å²) in [6.45, 7) is 0. The molecule has 1 saturated carbocycles. The molecule has 0 saturated heterocycles. The molecule has 7 heteroatoms. The van der Waals surface area contributed by atoms with Gasteiger partial charge in [-0.2, -0.15) is 4.68 Å². The molecule has 1 aliphatic carbocycles. The van der Waals surface area contributed by atoms with E-state index in [1.165, 1.54) is 10.7 Å². The minimum absolute atomic E-state index is 0.105. The summed E-state index contributed by atoms with van der Waals surface area (Å²) < 4.78 is 28.5. The summed E-state index contributed by atoms with van der Waals surface area (Å²) in [6.07, 6.45) is 4.10. The quantitative estimate of drug-likeness (QED) is 0.845. The largest absolute Gasteiger partial charge is 0.397 e. The predicted octanol–water partition coefficient (Wildman–Crippen LogP) is 2.18. The van der Waals surface area contributed by atoms with Crippen LogP contribution in [0.2, 0.25) is 0 Å². The molecule has 0 aliphatic heterocycles. The molecule has 3 rings (SSSR count). The molecule has 0 amide bonds.